The number of benzene rings is 1. The Labute approximate surface area is 174 Å². The van der Waals surface area contributed by atoms with Crippen LogP contribution in [-0.2, 0) is 12.8 Å². The Kier molecular flexibility index (Phi) is 6.13. The van der Waals surface area contributed by atoms with Gasteiger partial charge in [-0.15, -0.1) is 11.3 Å². The molecule has 1 aromatic heterocycles. The molecule has 1 unspecified atom stereocenters. The molecule has 2 N–H and O–H groups in total. The quantitative estimate of drug-likeness (QED) is 0.776. The molecule has 3 amide bonds. The summed E-state index contributed by atoms with van der Waals surface area (Å²) in [6.45, 7) is 1.92. The van der Waals surface area contributed by atoms with Crippen molar-refractivity contribution in [3.8, 4) is 0 Å². The van der Waals surface area contributed by atoms with E-state index in [-0.39, 0.29) is 23.7 Å². The van der Waals surface area contributed by atoms with Gasteiger partial charge in [-0.05, 0) is 74.3 Å². The lowest BCUT2D eigenvalue weighted by molar-refractivity contribution is 0.0680. The second kappa shape index (κ2) is 8.95. The predicted molar refractivity (Wildman–Crippen MR) is 113 cm³/mol. The van der Waals surface area contributed by atoms with E-state index in [1.54, 1.807) is 23.5 Å². The van der Waals surface area contributed by atoms with Crippen LogP contribution in [0.4, 0.5) is 14.9 Å². The Morgan fingerprint density at radius 3 is 2.86 bits per heavy atom. The Morgan fingerprint density at radius 1 is 1.17 bits per heavy atom. The van der Waals surface area contributed by atoms with Gasteiger partial charge >= 0.3 is 6.03 Å². The van der Waals surface area contributed by atoms with Gasteiger partial charge in [0.1, 0.15) is 5.82 Å². The minimum Gasteiger partial charge on any atom is -0.338 e. The van der Waals surface area contributed by atoms with Gasteiger partial charge in [0.15, 0.2) is 0 Å². The molecule has 0 radical (unpaired) electrons. The number of anilines is 1. The second-order valence-electron chi connectivity index (χ2n) is 7.87. The van der Waals surface area contributed by atoms with Crippen molar-refractivity contribution in [3.63, 3.8) is 0 Å². The number of hydrogen-bond acceptors (Lipinski definition) is 3. The molecule has 1 fully saturated rings. The molecule has 0 saturated carbocycles. The Balaban J connectivity index is 1.29. The zero-order valence-electron chi connectivity index (χ0n) is 16.4. The second-order valence-corrected chi connectivity index (χ2v) is 9.01. The van der Waals surface area contributed by atoms with E-state index in [2.05, 4.69) is 16.7 Å². The molecule has 1 aromatic carbocycles. The van der Waals surface area contributed by atoms with Crippen LogP contribution in [0.2, 0.25) is 0 Å². The summed E-state index contributed by atoms with van der Waals surface area (Å²) in [7, 11) is 0. The third-order valence-corrected chi connectivity index (χ3v) is 6.87. The van der Waals surface area contributed by atoms with Crippen molar-refractivity contribution in [3.05, 3.63) is 51.5 Å². The summed E-state index contributed by atoms with van der Waals surface area (Å²) in [5.41, 5.74) is 1.78. The van der Waals surface area contributed by atoms with Gasteiger partial charge in [0, 0.05) is 30.2 Å². The van der Waals surface area contributed by atoms with Crippen molar-refractivity contribution in [1.82, 2.24) is 10.2 Å². The number of aryl methyl sites for hydroxylation is 2. The maximum atomic E-state index is 13.2. The number of amides is 3. The molecule has 1 aliphatic carbocycles. The van der Waals surface area contributed by atoms with Gasteiger partial charge in [-0.25, -0.2) is 9.18 Å². The number of hydrogen-bond donors (Lipinski definition) is 2. The molecule has 5 nitrogen and oxygen atoms in total. The molecule has 0 spiro atoms. The fourth-order valence-electron chi connectivity index (χ4n) is 4.15. The van der Waals surface area contributed by atoms with Crippen LogP contribution >= 0.6 is 11.3 Å². The highest BCUT2D eigenvalue weighted by molar-refractivity contribution is 7.14. The summed E-state index contributed by atoms with van der Waals surface area (Å²) in [5.74, 6) is -0.0432. The van der Waals surface area contributed by atoms with Gasteiger partial charge in [0.05, 0.1) is 4.88 Å². The summed E-state index contributed by atoms with van der Waals surface area (Å²) < 4.78 is 13.2. The number of likely N-dealkylation sites (tertiary alicyclic amines) is 1. The van der Waals surface area contributed by atoms with Crippen molar-refractivity contribution < 1.29 is 14.0 Å². The van der Waals surface area contributed by atoms with Crippen molar-refractivity contribution in [2.24, 2.45) is 5.92 Å². The molecule has 7 heteroatoms. The first kappa shape index (κ1) is 19.9. The molecule has 2 aliphatic rings. The number of fused-ring (bicyclic) bond motifs is 1. The molecule has 2 aromatic rings. The van der Waals surface area contributed by atoms with Crippen LogP contribution in [0.15, 0.2) is 30.3 Å². The molecular weight excluding hydrogens is 389 g/mol. The molecule has 1 atom stereocenters. The lowest BCUT2D eigenvalue weighted by Gasteiger charge is -2.32. The van der Waals surface area contributed by atoms with Crippen LogP contribution < -0.4 is 10.6 Å². The Bertz CT molecular complexity index is 874. The number of rotatable bonds is 4. The van der Waals surface area contributed by atoms with Gasteiger partial charge in [-0.3, -0.25) is 4.79 Å². The third kappa shape index (κ3) is 4.96. The molecule has 2 heterocycles. The van der Waals surface area contributed by atoms with E-state index in [4.69, 9.17) is 0 Å². The van der Waals surface area contributed by atoms with E-state index in [1.165, 1.54) is 35.4 Å². The van der Waals surface area contributed by atoms with Gasteiger partial charge in [-0.2, -0.15) is 0 Å². The SMILES string of the molecule is O=C(NCC1CCCN(C(=O)c2cc3c(s2)CCCC3)C1)Nc1cccc(F)c1. The zero-order valence-corrected chi connectivity index (χ0v) is 17.2. The molecule has 29 heavy (non-hydrogen) atoms. The van der Waals surface area contributed by atoms with Crippen LogP contribution in [0.1, 0.15) is 45.8 Å². The minimum absolute atomic E-state index is 0.123. The summed E-state index contributed by atoms with van der Waals surface area (Å²) in [6.07, 6.45) is 6.54. The number of carbonyl (C=O) groups excluding carboxylic acids is 2. The first-order valence-corrected chi connectivity index (χ1v) is 11.1. The molecule has 4 rings (SSSR count). The zero-order chi connectivity index (χ0) is 20.2. The van der Waals surface area contributed by atoms with Crippen molar-refractivity contribution in [1.29, 1.82) is 0 Å². The maximum absolute atomic E-state index is 13.2. The van der Waals surface area contributed by atoms with Crippen molar-refractivity contribution >= 4 is 29.0 Å². The van der Waals surface area contributed by atoms with E-state index < -0.39 is 0 Å². The van der Waals surface area contributed by atoms with E-state index in [1.807, 2.05) is 4.90 Å². The number of nitrogens with zero attached hydrogens (tertiary/aromatic N) is 1. The fourth-order valence-corrected chi connectivity index (χ4v) is 5.37. The maximum Gasteiger partial charge on any atom is 0.319 e. The normalized spacial score (nSPS) is 18.8. The predicted octanol–water partition coefficient (Wildman–Crippen LogP) is 4.44. The van der Waals surface area contributed by atoms with E-state index in [0.29, 0.717) is 18.8 Å². The molecule has 1 aliphatic heterocycles. The third-order valence-electron chi connectivity index (χ3n) is 5.65. The Morgan fingerprint density at radius 2 is 2.03 bits per heavy atom. The van der Waals surface area contributed by atoms with Gasteiger partial charge in [-0.1, -0.05) is 6.07 Å². The van der Waals surface area contributed by atoms with Crippen LogP contribution in [0, 0.1) is 11.7 Å². The lowest BCUT2D eigenvalue weighted by atomic mass is 9.97. The highest BCUT2D eigenvalue weighted by atomic mass is 32.1. The summed E-state index contributed by atoms with van der Waals surface area (Å²) >= 11 is 1.66. The number of urea groups is 1. The number of nitrogens with one attached hydrogen (secondary N) is 2. The summed E-state index contributed by atoms with van der Waals surface area (Å²) in [5, 5.41) is 5.49. The first-order valence-electron chi connectivity index (χ1n) is 10.3. The number of halogens is 1. The topological polar surface area (TPSA) is 61.4 Å². The number of carbonyl (C=O) groups is 2. The van der Waals surface area contributed by atoms with Crippen molar-refractivity contribution in [2.45, 2.75) is 38.5 Å². The summed E-state index contributed by atoms with van der Waals surface area (Å²) in [6, 6.07) is 7.55. The van der Waals surface area contributed by atoms with Gasteiger partial charge < -0.3 is 15.5 Å². The highest BCUT2D eigenvalue weighted by Crippen LogP contribution is 2.31. The molecule has 0 bridgehead atoms. The lowest BCUT2D eigenvalue weighted by Crippen LogP contribution is -2.44. The fraction of sp³-hybridized carbons (Fsp3) is 0.455. The van der Waals surface area contributed by atoms with Gasteiger partial charge in [0.25, 0.3) is 5.91 Å². The average molecular weight is 416 g/mol. The monoisotopic (exact) mass is 415 g/mol. The van der Waals surface area contributed by atoms with E-state index in [0.717, 1.165) is 37.1 Å². The highest BCUT2D eigenvalue weighted by Gasteiger charge is 2.27. The standard InChI is InChI=1S/C22H26FN3O2S/c23-17-7-3-8-18(12-17)25-22(28)24-13-15-5-4-10-26(14-15)21(27)20-11-16-6-1-2-9-19(16)29-20/h3,7-8,11-12,15H,1-2,4-6,9-10,13-14H2,(H2,24,25,28). The van der Waals surface area contributed by atoms with E-state index >= 15 is 0 Å². The summed E-state index contributed by atoms with van der Waals surface area (Å²) in [4.78, 5) is 29.2. The van der Waals surface area contributed by atoms with Crippen LogP contribution in [0.5, 0.6) is 0 Å². The number of thiophene rings is 1. The van der Waals surface area contributed by atoms with Crippen LogP contribution in [0.3, 0.4) is 0 Å². The first-order chi connectivity index (χ1) is 14.1. The van der Waals surface area contributed by atoms with Crippen molar-refractivity contribution in [2.75, 3.05) is 25.0 Å². The van der Waals surface area contributed by atoms with E-state index in [9.17, 15) is 14.0 Å². The minimum atomic E-state index is -0.389. The van der Waals surface area contributed by atoms with Crippen LogP contribution in [0.25, 0.3) is 0 Å². The molecule has 154 valence electrons. The number of piperidine rings is 1. The van der Waals surface area contributed by atoms with Crippen LogP contribution in [-0.4, -0.2) is 36.5 Å². The largest absolute Gasteiger partial charge is 0.338 e. The molecule has 1 saturated heterocycles. The average Bonchev–Trinajstić information content (AvgIpc) is 3.16. The van der Waals surface area contributed by atoms with Gasteiger partial charge in [0.2, 0.25) is 0 Å². The molecular formula is C22H26FN3O2S. The Hall–Kier alpha value is -2.41. The smallest absolute Gasteiger partial charge is 0.319 e.